The normalized spacial score (nSPS) is 14.3. The summed E-state index contributed by atoms with van der Waals surface area (Å²) in [4.78, 5) is 0. The van der Waals surface area contributed by atoms with Gasteiger partial charge in [-0.3, -0.25) is 0 Å². The average molecular weight is 555 g/mol. The summed E-state index contributed by atoms with van der Waals surface area (Å²) in [5.41, 5.74) is 5.24. The van der Waals surface area contributed by atoms with Gasteiger partial charge in [0.05, 0.1) is 11.0 Å². The van der Waals surface area contributed by atoms with Crippen molar-refractivity contribution in [1.29, 1.82) is 0 Å². The van der Waals surface area contributed by atoms with Gasteiger partial charge in [0.1, 0.15) is 11.2 Å². The number of hydrogen-bond acceptors (Lipinski definition) is 1. The zero-order valence-electron chi connectivity index (χ0n) is 30.8. The van der Waals surface area contributed by atoms with Gasteiger partial charge in [0.2, 0.25) is 0 Å². The molecule has 0 bridgehead atoms. The van der Waals surface area contributed by atoms with Crippen LogP contribution in [0, 0.1) is 0 Å². The van der Waals surface area contributed by atoms with Crippen LogP contribution in [0.1, 0.15) is 11.0 Å². The van der Waals surface area contributed by atoms with Gasteiger partial charge in [0.15, 0.2) is 0 Å². The second kappa shape index (κ2) is 9.44. The molecule has 0 aliphatic rings. The van der Waals surface area contributed by atoms with Crippen molar-refractivity contribution in [1.82, 2.24) is 0 Å². The van der Waals surface area contributed by atoms with Crippen LogP contribution in [0.2, 0.25) is 0 Å². The predicted octanol–water partition coefficient (Wildman–Crippen LogP) is 12.0. The first-order chi connectivity index (χ1) is 24.7. The number of para-hydroxylation sites is 1. The molecule has 9 rings (SSSR count). The molecule has 0 amide bonds. The van der Waals surface area contributed by atoms with Gasteiger partial charge in [-0.2, -0.15) is 0 Å². The molecule has 8 aromatic carbocycles. The summed E-state index contributed by atoms with van der Waals surface area (Å²) in [5, 5.41) is 4.35. The van der Waals surface area contributed by atoms with Gasteiger partial charge in [-0.1, -0.05) is 145 Å². The van der Waals surface area contributed by atoms with Crippen LogP contribution < -0.4 is 0 Å². The minimum Gasteiger partial charge on any atom is -0.456 e. The van der Waals surface area contributed by atoms with E-state index in [0.29, 0.717) is 22.3 Å². The van der Waals surface area contributed by atoms with Gasteiger partial charge in [0, 0.05) is 10.8 Å². The maximum Gasteiger partial charge on any atom is 0.136 e. The molecule has 9 aromatic rings. The van der Waals surface area contributed by atoms with E-state index in [4.69, 9.17) is 9.90 Å². The van der Waals surface area contributed by atoms with Crippen LogP contribution in [0.5, 0.6) is 0 Å². The lowest BCUT2D eigenvalue weighted by Gasteiger charge is -2.19. The largest absolute Gasteiger partial charge is 0.456 e. The highest BCUT2D eigenvalue weighted by molar-refractivity contribution is 6.24. The number of rotatable bonds is 3. The molecule has 1 aromatic heterocycles. The summed E-state index contributed by atoms with van der Waals surface area (Å²) < 4.78 is 78.2. The molecular weight excluding hydrogens is 520 g/mol. The first kappa shape index (κ1) is 17.3. The number of benzene rings is 8. The van der Waals surface area contributed by atoms with E-state index in [0.717, 1.165) is 43.8 Å². The predicted molar refractivity (Wildman–Crippen MR) is 183 cm³/mol. The fourth-order valence-electron chi connectivity index (χ4n) is 6.54. The maximum absolute atomic E-state index is 9.31. The molecule has 200 valence electrons. The first-order valence-electron chi connectivity index (χ1n) is 18.1. The first-order valence-corrected chi connectivity index (χ1v) is 14.1. The SMILES string of the molecule is [2H]c1c([2H])c([2H])c2c(-c3ccc(-c4cccc5oc6ccccc6c45)c4ccccc34)c3c([2H])c([2H])c([2H])c([2H])c3c(-c3ccccc3)c2c1[2H]. The molecule has 0 fully saturated rings. The minimum atomic E-state index is -0.424. The Morgan fingerprint density at radius 1 is 0.372 bits per heavy atom. The second-order valence-corrected chi connectivity index (χ2v) is 10.6. The molecule has 0 spiro atoms. The Morgan fingerprint density at radius 3 is 1.60 bits per heavy atom. The van der Waals surface area contributed by atoms with Gasteiger partial charge in [-0.15, -0.1) is 0 Å². The topological polar surface area (TPSA) is 13.1 Å². The number of fused-ring (bicyclic) bond motifs is 6. The van der Waals surface area contributed by atoms with E-state index in [-0.39, 0.29) is 45.7 Å². The van der Waals surface area contributed by atoms with Crippen LogP contribution in [-0.2, 0) is 0 Å². The Kier molecular flexibility index (Phi) is 3.80. The van der Waals surface area contributed by atoms with Crippen molar-refractivity contribution in [2.75, 3.05) is 0 Å². The summed E-state index contributed by atoms with van der Waals surface area (Å²) in [7, 11) is 0. The van der Waals surface area contributed by atoms with Gasteiger partial charge in [0.25, 0.3) is 0 Å². The van der Waals surface area contributed by atoms with Crippen molar-refractivity contribution in [2.45, 2.75) is 0 Å². The third-order valence-corrected chi connectivity index (χ3v) is 8.32. The Balaban J connectivity index is 1.50. The van der Waals surface area contributed by atoms with Crippen LogP contribution in [0.3, 0.4) is 0 Å². The van der Waals surface area contributed by atoms with Crippen molar-refractivity contribution in [3.05, 3.63) is 158 Å². The number of hydrogen-bond donors (Lipinski definition) is 0. The van der Waals surface area contributed by atoms with Crippen LogP contribution in [0.15, 0.2) is 162 Å². The zero-order valence-corrected chi connectivity index (χ0v) is 22.8. The Hall–Kier alpha value is -5.66. The monoisotopic (exact) mass is 554 g/mol. The summed E-state index contributed by atoms with van der Waals surface area (Å²) in [5.74, 6) is 0. The van der Waals surface area contributed by atoms with E-state index in [1.54, 1.807) is 24.3 Å². The molecule has 1 heterocycles. The quantitative estimate of drug-likeness (QED) is 0.198. The molecule has 0 atom stereocenters. The molecule has 0 saturated heterocycles. The van der Waals surface area contributed by atoms with E-state index in [1.807, 2.05) is 78.9 Å². The van der Waals surface area contributed by atoms with Gasteiger partial charge < -0.3 is 4.42 Å². The zero-order chi connectivity index (χ0) is 35.3. The summed E-state index contributed by atoms with van der Waals surface area (Å²) in [6.45, 7) is 0. The van der Waals surface area contributed by atoms with E-state index >= 15 is 0 Å². The molecule has 0 aliphatic heterocycles. The smallest absolute Gasteiger partial charge is 0.136 e. The highest BCUT2D eigenvalue weighted by Crippen LogP contribution is 2.47. The van der Waals surface area contributed by atoms with E-state index in [9.17, 15) is 5.48 Å². The fourth-order valence-corrected chi connectivity index (χ4v) is 6.54. The molecule has 1 nitrogen and oxygen atoms in total. The summed E-state index contributed by atoms with van der Waals surface area (Å²) >= 11 is 0. The molecule has 0 radical (unpaired) electrons. The van der Waals surface area contributed by atoms with Crippen molar-refractivity contribution >= 4 is 54.3 Å². The molecule has 0 unspecified atom stereocenters. The molecular formula is C42H26O. The lowest BCUT2D eigenvalue weighted by atomic mass is 9.83. The molecule has 1 heteroatoms. The lowest BCUT2D eigenvalue weighted by Crippen LogP contribution is -1.92. The summed E-state index contributed by atoms with van der Waals surface area (Å²) in [6.07, 6.45) is 0. The van der Waals surface area contributed by atoms with Gasteiger partial charge in [-0.25, -0.2) is 0 Å². The van der Waals surface area contributed by atoms with Crippen LogP contribution in [-0.4, -0.2) is 0 Å². The Labute approximate surface area is 260 Å². The number of furan rings is 1. The Morgan fingerprint density at radius 2 is 0.907 bits per heavy atom. The van der Waals surface area contributed by atoms with E-state index < -0.39 is 24.2 Å². The highest BCUT2D eigenvalue weighted by atomic mass is 16.3. The molecule has 0 N–H and O–H groups in total. The lowest BCUT2D eigenvalue weighted by molar-refractivity contribution is 0.669. The molecule has 0 saturated carbocycles. The third kappa shape index (κ3) is 3.58. The maximum atomic E-state index is 9.31. The minimum absolute atomic E-state index is 0.193. The molecule has 0 aliphatic carbocycles. The van der Waals surface area contributed by atoms with Crippen molar-refractivity contribution in [3.8, 4) is 33.4 Å². The van der Waals surface area contributed by atoms with E-state index in [1.165, 1.54) is 0 Å². The fraction of sp³-hybridized carbons (Fsp3) is 0. The van der Waals surface area contributed by atoms with Crippen LogP contribution >= 0.6 is 0 Å². The van der Waals surface area contributed by atoms with Crippen molar-refractivity contribution < 1.29 is 15.4 Å². The van der Waals surface area contributed by atoms with E-state index in [2.05, 4.69) is 6.07 Å². The molecule has 43 heavy (non-hydrogen) atoms. The van der Waals surface area contributed by atoms with Crippen LogP contribution in [0.4, 0.5) is 0 Å². The third-order valence-electron chi connectivity index (χ3n) is 8.32. The van der Waals surface area contributed by atoms with Gasteiger partial charge >= 0.3 is 0 Å². The standard InChI is InChI=1S/C42H26O/c1-2-13-27(14-3-1)40-32-17-6-8-19-34(32)41(35-20-9-7-18-33(35)40)36-26-25-30(28-15-4-5-16-29(28)36)31-22-12-24-39-42(31)37-21-10-11-23-38(37)43-39/h1-26H/i6D,7D,8D,9D,17D,18D,19D,20D. The van der Waals surface area contributed by atoms with Crippen LogP contribution in [0.25, 0.3) is 87.6 Å². The average Bonchev–Trinajstić information content (AvgIpc) is 3.55. The van der Waals surface area contributed by atoms with Gasteiger partial charge in [-0.05, 0) is 77.8 Å². The second-order valence-electron chi connectivity index (χ2n) is 10.6. The summed E-state index contributed by atoms with van der Waals surface area (Å²) in [6, 6.07) is 31.7. The van der Waals surface area contributed by atoms with Crippen molar-refractivity contribution in [3.63, 3.8) is 0 Å². The Bertz CT molecular complexity index is 2870. The van der Waals surface area contributed by atoms with Crippen molar-refractivity contribution in [2.24, 2.45) is 0 Å². The highest BCUT2D eigenvalue weighted by Gasteiger charge is 2.20.